The molecule has 0 radical (unpaired) electrons. The number of hydrogen-bond acceptors (Lipinski definition) is 4. The molecule has 1 heterocycles. The first-order valence-electron chi connectivity index (χ1n) is 11.0. The van der Waals surface area contributed by atoms with Crippen LogP contribution in [-0.2, 0) is 6.42 Å². The van der Waals surface area contributed by atoms with Crippen molar-refractivity contribution in [2.45, 2.75) is 39.0 Å². The van der Waals surface area contributed by atoms with Gasteiger partial charge in [0.2, 0.25) is 0 Å². The molecule has 1 aliphatic rings. The number of nitrogens with one attached hydrogen (secondary N) is 1. The lowest BCUT2D eigenvalue weighted by Crippen LogP contribution is -2.27. The van der Waals surface area contributed by atoms with E-state index in [4.69, 9.17) is 14.6 Å². The fourth-order valence-electron chi connectivity index (χ4n) is 3.57. The molecule has 3 aromatic rings. The van der Waals surface area contributed by atoms with Crippen molar-refractivity contribution < 1.29 is 14.3 Å². The van der Waals surface area contributed by atoms with Crippen LogP contribution in [0.2, 0.25) is 0 Å². The molecule has 1 saturated carbocycles. The van der Waals surface area contributed by atoms with Crippen LogP contribution in [0.1, 0.15) is 54.4 Å². The minimum atomic E-state index is -0.112. The van der Waals surface area contributed by atoms with E-state index in [9.17, 15) is 4.79 Å². The summed E-state index contributed by atoms with van der Waals surface area (Å²) in [5.74, 6) is 1.86. The Morgan fingerprint density at radius 3 is 2.48 bits per heavy atom. The van der Waals surface area contributed by atoms with E-state index in [0.29, 0.717) is 37.8 Å². The van der Waals surface area contributed by atoms with E-state index in [1.54, 1.807) is 4.68 Å². The number of benzene rings is 2. The van der Waals surface area contributed by atoms with Gasteiger partial charge in [-0.15, -0.1) is 0 Å². The monoisotopic (exact) mass is 419 g/mol. The largest absolute Gasteiger partial charge is 0.490 e. The summed E-state index contributed by atoms with van der Waals surface area (Å²) in [6.45, 7) is 5.60. The molecule has 31 heavy (non-hydrogen) atoms. The molecule has 0 atom stereocenters. The van der Waals surface area contributed by atoms with E-state index in [0.717, 1.165) is 41.3 Å². The van der Waals surface area contributed by atoms with Gasteiger partial charge in [-0.3, -0.25) is 4.79 Å². The molecule has 2 aromatic carbocycles. The predicted octanol–water partition coefficient (Wildman–Crippen LogP) is 4.52. The Balaban J connectivity index is 1.44. The Morgan fingerprint density at radius 1 is 1.03 bits per heavy atom. The Bertz CT molecular complexity index is 1030. The molecule has 1 fully saturated rings. The maximum absolute atomic E-state index is 13.0. The van der Waals surface area contributed by atoms with Crippen molar-refractivity contribution in [1.29, 1.82) is 0 Å². The Hall–Kier alpha value is -3.28. The van der Waals surface area contributed by atoms with Gasteiger partial charge in [-0.1, -0.05) is 24.3 Å². The summed E-state index contributed by atoms with van der Waals surface area (Å²) in [5, 5.41) is 7.76. The average molecular weight is 420 g/mol. The topological polar surface area (TPSA) is 65.4 Å². The van der Waals surface area contributed by atoms with Gasteiger partial charge in [0.15, 0.2) is 11.5 Å². The van der Waals surface area contributed by atoms with Gasteiger partial charge in [0, 0.05) is 12.5 Å². The highest BCUT2D eigenvalue weighted by Crippen LogP contribution is 2.39. The van der Waals surface area contributed by atoms with E-state index in [-0.39, 0.29) is 5.91 Å². The first-order valence-corrected chi connectivity index (χ1v) is 11.0. The second-order valence-corrected chi connectivity index (χ2v) is 7.63. The van der Waals surface area contributed by atoms with Gasteiger partial charge in [-0.05, 0) is 69.0 Å². The number of carbonyl (C=O) groups excluding carboxylic acids is 1. The van der Waals surface area contributed by atoms with Crippen LogP contribution < -0.4 is 14.8 Å². The molecule has 6 nitrogen and oxygen atoms in total. The Labute approximate surface area is 183 Å². The molecule has 1 aliphatic carbocycles. The zero-order chi connectivity index (χ0) is 21.6. The summed E-state index contributed by atoms with van der Waals surface area (Å²) in [7, 11) is 0. The van der Waals surface area contributed by atoms with Crippen LogP contribution in [0.15, 0.2) is 54.6 Å². The highest BCUT2D eigenvalue weighted by Gasteiger charge is 2.29. The average Bonchev–Trinajstić information content (AvgIpc) is 3.54. The first-order chi connectivity index (χ1) is 15.2. The lowest BCUT2D eigenvalue weighted by molar-refractivity contribution is 0.0946. The first kappa shape index (κ1) is 21.0. The standard InChI is InChI=1S/C25H29N3O3/c1-3-30-23-13-10-18(16-24(23)31-4-2)14-15-26-25(29)22-17-21(19-11-12-19)27-28(22)20-8-6-5-7-9-20/h5-10,13,16-17,19H,3-4,11-12,14-15H2,1-2H3,(H,26,29). The maximum atomic E-state index is 13.0. The molecule has 4 rings (SSSR count). The summed E-state index contributed by atoms with van der Waals surface area (Å²) in [4.78, 5) is 13.0. The van der Waals surface area contributed by atoms with Crippen LogP contribution in [0, 0.1) is 0 Å². The zero-order valence-corrected chi connectivity index (χ0v) is 18.1. The minimum absolute atomic E-state index is 0.112. The molecular formula is C25H29N3O3. The van der Waals surface area contributed by atoms with Gasteiger partial charge >= 0.3 is 0 Å². The zero-order valence-electron chi connectivity index (χ0n) is 18.1. The third-order valence-corrected chi connectivity index (χ3v) is 5.26. The van der Waals surface area contributed by atoms with Crippen LogP contribution in [-0.4, -0.2) is 35.4 Å². The lowest BCUT2D eigenvalue weighted by atomic mass is 10.1. The van der Waals surface area contributed by atoms with E-state index in [1.165, 1.54) is 0 Å². The van der Waals surface area contributed by atoms with E-state index in [1.807, 2.05) is 68.4 Å². The molecule has 0 bridgehead atoms. The SMILES string of the molecule is CCOc1ccc(CCNC(=O)c2cc(C3CC3)nn2-c2ccccc2)cc1OCC. The molecule has 0 spiro atoms. The summed E-state index contributed by atoms with van der Waals surface area (Å²) >= 11 is 0. The molecule has 1 aromatic heterocycles. The van der Waals surface area contributed by atoms with Crippen LogP contribution in [0.25, 0.3) is 5.69 Å². The number of rotatable bonds is 10. The third kappa shape index (κ3) is 5.08. The van der Waals surface area contributed by atoms with Crippen molar-refractivity contribution in [1.82, 2.24) is 15.1 Å². The number of ether oxygens (including phenoxy) is 2. The summed E-state index contributed by atoms with van der Waals surface area (Å²) in [6.07, 6.45) is 2.99. The van der Waals surface area contributed by atoms with Crippen molar-refractivity contribution in [3.05, 3.63) is 71.5 Å². The number of nitrogens with zero attached hydrogens (tertiary/aromatic N) is 2. The molecule has 1 amide bonds. The van der Waals surface area contributed by atoms with Gasteiger partial charge in [0.25, 0.3) is 5.91 Å². The molecule has 1 N–H and O–H groups in total. The highest BCUT2D eigenvalue weighted by molar-refractivity contribution is 5.93. The van der Waals surface area contributed by atoms with Crippen molar-refractivity contribution in [3.63, 3.8) is 0 Å². The normalized spacial score (nSPS) is 13.1. The van der Waals surface area contributed by atoms with Crippen molar-refractivity contribution in [2.75, 3.05) is 19.8 Å². The van der Waals surface area contributed by atoms with Gasteiger partial charge in [0.1, 0.15) is 5.69 Å². The van der Waals surface area contributed by atoms with Crippen LogP contribution in [0.5, 0.6) is 11.5 Å². The molecule has 0 unspecified atom stereocenters. The van der Waals surface area contributed by atoms with Gasteiger partial charge in [-0.25, -0.2) is 4.68 Å². The van der Waals surface area contributed by atoms with Gasteiger partial charge in [0.05, 0.1) is 24.6 Å². The Morgan fingerprint density at radius 2 is 1.77 bits per heavy atom. The number of carbonyl (C=O) groups is 1. The van der Waals surface area contributed by atoms with Gasteiger partial charge < -0.3 is 14.8 Å². The number of hydrogen-bond donors (Lipinski definition) is 1. The van der Waals surface area contributed by atoms with Crippen LogP contribution >= 0.6 is 0 Å². The van der Waals surface area contributed by atoms with Crippen molar-refractivity contribution >= 4 is 5.91 Å². The Kier molecular flexibility index (Phi) is 6.55. The molecule has 0 saturated heterocycles. The second kappa shape index (κ2) is 9.69. The smallest absolute Gasteiger partial charge is 0.270 e. The summed E-state index contributed by atoms with van der Waals surface area (Å²) in [6, 6.07) is 17.7. The summed E-state index contributed by atoms with van der Waals surface area (Å²) in [5.41, 5.74) is 3.56. The number of aromatic nitrogens is 2. The van der Waals surface area contributed by atoms with Crippen molar-refractivity contribution in [2.24, 2.45) is 0 Å². The van der Waals surface area contributed by atoms with E-state index >= 15 is 0 Å². The lowest BCUT2D eigenvalue weighted by Gasteiger charge is -2.13. The van der Waals surface area contributed by atoms with Crippen LogP contribution in [0.4, 0.5) is 0 Å². The fraction of sp³-hybridized carbons (Fsp3) is 0.360. The predicted molar refractivity (Wildman–Crippen MR) is 120 cm³/mol. The second-order valence-electron chi connectivity index (χ2n) is 7.63. The molecule has 6 heteroatoms. The van der Waals surface area contributed by atoms with E-state index in [2.05, 4.69) is 5.32 Å². The molecule has 162 valence electrons. The maximum Gasteiger partial charge on any atom is 0.270 e. The van der Waals surface area contributed by atoms with Crippen LogP contribution in [0.3, 0.4) is 0 Å². The molecular weight excluding hydrogens is 390 g/mol. The fourth-order valence-corrected chi connectivity index (χ4v) is 3.57. The number of amides is 1. The van der Waals surface area contributed by atoms with E-state index < -0.39 is 0 Å². The van der Waals surface area contributed by atoms with Gasteiger partial charge in [-0.2, -0.15) is 5.10 Å². The van der Waals surface area contributed by atoms with Crippen molar-refractivity contribution in [3.8, 4) is 17.2 Å². The third-order valence-electron chi connectivity index (χ3n) is 5.26. The summed E-state index contributed by atoms with van der Waals surface area (Å²) < 4.78 is 13.1. The quantitative estimate of drug-likeness (QED) is 0.525. The minimum Gasteiger partial charge on any atom is -0.490 e. The molecule has 0 aliphatic heterocycles. The highest BCUT2D eigenvalue weighted by atomic mass is 16.5. The number of para-hydroxylation sites is 1.